The van der Waals surface area contributed by atoms with E-state index >= 15 is 0 Å². The molecule has 2 N–H and O–H groups in total. The molecule has 0 saturated carbocycles. The number of fused-ring (bicyclic) bond motifs is 1. The molecule has 0 radical (unpaired) electrons. The number of thioether (sulfide) groups is 1. The average Bonchev–Trinajstić information content (AvgIpc) is 3.26. The monoisotopic (exact) mass is 507 g/mol. The van der Waals surface area contributed by atoms with Crippen LogP contribution < -0.4 is 20.1 Å². The Hall–Kier alpha value is -3.56. The molecule has 1 aromatic heterocycles. The highest BCUT2D eigenvalue weighted by atomic mass is 32.2. The van der Waals surface area contributed by atoms with Crippen molar-refractivity contribution in [2.75, 3.05) is 23.8 Å². The Morgan fingerprint density at radius 1 is 0.971 bits per heavy atom. The number of hydrogen-bond donors (Lipinski definition) is 2. The van der Waals surface area contributed by atoms with Gasteiger partial charge in [-0.1, -0.05) is 29.5 Å². The molecule has 0 spiro atoms. The van der Waals surface area contributed by atoms with Crippen LogP contribution in [0.3, 0.4) is 0 Å². The first-order valence-electron chi connectivity index (χ1n) is 11.1. The molecular formula is C26H25N3O4S2. The van der Waals surface area contributed by atoms with Crippen molar-refractivity contribution < 1.29 is 19.1 Å². The second kappa shape index (κ2) is 11.7. The van der Waals surface area contributed by atoms with Crippen molar-refractivity contribution in [3.8, 4) is 11.5 Å². The van der Waals surface area contributed by atoms with Gasteiger partial charge in [0.15, 0.2) is 11.7 Å². The van der Waals surface area contributed by atoms with Crippen molar-refractivity contribution in [3.63, 3.8) is 0 Å². The molecule has 35 heavy (non-hydrogen) atoms. The van der Waals surface area contributed by atoms with Crippen LogP contribution in [-0.4, -0.2) is 35.3 Å². The molecule has 3 aromatic carbocycles. The number of rotatable bonds is 10. The van der Waals surface area contributed by atoms with Crippen LogP contribution in [0, 0.1) is 0 Å². The van der Waals surface area contributed by atoms with E-state index in [9.17, 15) is 9.59 Å². The zero-order chi connectivity index (χ0) is 24.6. The number of amides is 2. The van der Waals surface area contributed by atoms with Crippen LogP contribution in [-0.2, 0) is 9.59 Å². The summed E-state index contributed by atoms with van der Waals surface area (Å²) in [4.78, 5) is 30.2. The fraction of sp³-hybridized carbons (Fsp3) is 0.192. The van der Waals surface area contributed by atoms with Gasteiger partial charge in [-0.05, 0) is 68.4 Å². The van der Waals surface area contributed by atoms with Crippen molar-refractivity contribution in [1.29, 1.82) is 0 Å². The molecule has 9 heteroatoms. The van der Waals surface area contributed by atoms with E-state index < -0.39 is 0 Å². The molecule has 1 atom stereocenters. The highest BCUT2D eigenvalue weighted by molar-refractivity contribution is 8.00. The Labute approximate surface area is 211 Å². The Morgan fingerprint density at radius 2 is 1.74 bits per heavy atom. The molecule has 7 nitrogen and oxygen atoms in total. The Morgan fingerprint density at radius 3 is 2.49 bits per heavy atom. The summed E-state index contributed by atoms with van der Waals surface area (Å²) < 4.78 is 11.9. The number of thiazole rings is 1. The highest BCUT2D eigenvalue weighted by Crippen LogP contribution is 2.31. The van der Waals surface area contributed by atoms with E-state index in [1.807, 2.05) is 62.4 Å². The minimum atomic E-state index is -0.333. The minimum Gasteiger partial charge on any atom is -0.494 e. The zero-order valence-corrected chi connectivity index (χ0v) is 20.9. The summed E-state index contributed by atoms with van der Waals surface area (Å²) >= 11 is 2.85. The maximum absolute atomic E-state index is 12.7. The topological polar surface area (TPSA) is 89.5 Å². The van der Waals surface area contributed by atoms with Crippen LogP contribution in [0.15, 0.2) is 77.7 Å². The number of carbonyl (C=O) groups is 2. The summed E-state index contributed by atoms with van der Waals surface area (Å²) in [6.07, 6.45) is 0. The number of aromatic nitrogens is 1. The van der Waals surface area contributed by atoms with Gasteiger partial charge in [0.25, 0.3) is 5.91 Å². The van der Waals surface area contributed by atoms with E-state index in [1.54, 1.807) is 24.3 Å². The molecule has 0 aliphatic rings. The summed E-state index contributed by atoms with van der Waals surface area (Å²) in [5.74, 6) is 1.05. The second-order valence-electron chi connectivity index (χ2n) is 7.51. The van der Waals surface area contributed by atoms with E-state index in [0.29, 0.717) is 23.2 Å². The Bertz CT molecular complexity index is 1290. The first-order valence-corrected chi connectivity index (χ1v) is 12.8. The molecule has 4 aromatic rings. The number of para-hydroxylation sites is 1. The van der Waals surface area contributed by atoms with Crippen LogP contribution in [0.4, 0.5) is 10.8 Å². The lowest BCUT2D eigenvalue weighted by Crippen LogP contribution is -2.22. The number of nitrogens with one attached hydrogen (secondary N) is 2. The Kier molecular flexibility index (Phi) is 8.23. The molecule has 0 bridgehead atoms. The van der Waals surface area contributed by atoms with Crippen LogP contribution in [0.1, 0.15) is 13.8 Å². The van der Waals surface area contributed by atoms with Gasteiger partial charge in [0.1, 0.15) is 11.5 Å². The molecule has 180 valence electrons. The van der Waals surface area contributed by atoms with Gasteiger partial charge in [0, 0.05) is 10.6 Å². The SMILES string of the molecule is CCOc1ccc2nc(NC(=O)C(C)Sc3ccc(NC(=O)COc4ccccc4)cc3)sc2c1. The van der Waals surface area contributed by atoms with Crippen LogP contribution >= 0.6 is 23.1 Å². The molecule has 0 saturated heterocycles. The minimum absolute atomic E-state index is 0.0730. The van der Waals surface area contributed by atoms with Crippen LogP contribution in [0.5, 0.6) is 11.5 Å². The fourth-order valence-corrected chi connectivity index (χ4v) is 4.92. The van der Waals surface area contributed by atoms with Gasteiger partial charge < -0.3 is 20.1 Å². The highest BCUT2D eigenvalue weighted by Gasteiger charge is 2.17. The number of anilines is 2. The predicted molar refractivity (Wildman–Crippen MR) is 142 cm³/mol. The normalized spacial score (nSPS) is 11.6. The van der Waals surface area contributed by atoms with Gasteiger partial charge in [-0.3, -0.25) is 9.59 Å². The van der Waals surface area contributed by atoms with E-state index in [0.717, 1.165) is 20.9 Å². The number of nitrogens with zero attached hydrogens (tertiary/aromatic N) is 1. The van der Waals surface area contributed by atoms with E-state index in [2.05, 4.69) is 15.6 Å². The molecule has 0 aliphatic carbocycles. The predicted octanol–water partition coefficient (Wildman–Crippen LogP) is 5.83. The van der Waals surface area contributed by atoms with Crippen molar-refractivity contribution in [3.05, 3.63) is 72.8 Å². The smallest absolute Gasteiger partial charge is 0.262 e. The Balaban J connectivity index is 1.27. The average molecular weight is 508 g/mol. The third kappa shape index (κ3) is 6.97. The molecule has 1 unspecified atom stereocenters. The first kappa shape index (κ1) is 24.6. The van der Waals surface area contributed by atoms with E-state index in [4.69, 9.17) is 9.47 Å². The standard InChI is InChI=1S/C26H25N3O4S2/c1-3-32-20-11-14-22-23(15-20)35-26(28-22)29-25(31)17(2)34-21-12-9-18(10-13-21)27-24(30)16-33-19-7-5-4-6-8-19/h4-15,17H,3,16H2,1-2H3,(H,27,30)(H,28,29,31). The summed E-state index contributed by atoms with van der Waals surface area (Å²) in [6, 6.07) is 22.2. The van der Waals surface area contributed by atoms with Gasteiger partial charge in [-0.25, -0.2) is 4.98 Å². The van der Waals surface area contributed by atoms with Gasteiger partial charge in [0.05, 0.1) is 22.1 Å². The van der Waals surface area contributed by atoms with E-state index in [-0.39, 0.29) is 23.7 Å². The van der Waals surface area contributed by atoms with Gasteiger partial charge in [-0.15, -0.1) is 11.8 Å². The van der Waals surface area contributed by atoms with Gasteiger partial charge in [0.2, 0.25) is 5.91 Å². The first-order chi connectivity index (χ1) is 17.0. The van der Waals surface area contributed by atoms with Crippen LogP contribution in [0.25, 0.3) is 10.2 Å². The number of benzene rings is 3. The van der Waals surface area contributed by atoms with Crippen molar-refractivity contribution >= 4 is 55.9 Å². The number of carbonyl (C=O) groups excluding carboxylic acids is 2. The quantitative estimate of drug-likeness (QED) is 0.263. The molecular weight excluding hydrogens is 482 g/mol. The maximum atomic E-state index is 12.7. The van der Waals surface area contributed by atoms with Crippen molar-refractivity contribution in [2.24, 2.45) is 0 Å². The summed E-state index contributed by atoms with van der Waals surface area (Å²) in [5.41, 5.74) is 1.48. The lowest BCUT2D eigenvalue weighted by Gasteiger charge is -2.11. The molecule has 0 fully saturated rings. The van der Waals surface area contributed by atoms with Crippen LogP contribution in [0.2, 0.25) is 0 Å². The molecule has 0 aliphatic heterocycles. The molecule has 4 rings (SSSR count). The van der Waals surface area contributed by atoms with Gasteiger partial charge >= 0.3 is 0 Å². The third-order valence-corrected chi connectivity index (χ3v) is 6.88. The molecule has 1 heterocycles. The summed E-state index contributed by atoms with van der Waals surface area (Å²) in [6.45, 7) is 4.31. The summed E-state index contributed by atoms with van der Waals surface area (Å²) in [5, 5.41) is 5.93. The second-order valence-corrected chi connectivity index (χ2v) is 9.95. The van der Waals surface area contributed by atoms with Crippen molar-refractivity contribution in [2.45, 2.75) is 24.0 Å². The zero-order valence-electron chi connectivity index (χ0n) is 19.3. The maximum Gasteiger partial charge on any atom is 0.262 e. The number of hydrogen-bond acceptors (Lipinski definition) is 7. The molecule has 2 amide bonds. The third-order valence-electron chi connectivity index (χ3n) is 4.83. The van der Waals surface area contributed by atoms with Crippen molar-refractivity contribution in [1.82, 2.24) is 4.98 Å². The lowest BCUT2D eigenvalue weighted by molar-refractivity contribution is -0.118. The number of ether oxygens (including phenoxy) is 2. The fourth-order valence-electron chi connectivity index (χ4n) is 3.16. The van der Waals surface area contributed by atoms with Gasteiger partial charge in [-0.2, -0.15) is 0 Å². The summed E-state index contributed by atoms with van der Waals surface area (Å²) in [7, 11) is 0. The largest absolute Gasteiger partial charge is 0.494 e. The lowest BCUT2D eigenvalue weighted by atomic mass is 10.3. The van der Waals surface area contributed by atoms with E-state index in [1.165, 1.54) is 23.1 Å².